The highest BCUT2D eigenvalue weighted by Gasteiger charge is 2.42. The van der Waals surface area contributed by atoms with Gasteiger partial charge in [-0.05, 0) is 19.3 Å². The van der Waals surface area contributed by atoms with Crippen molar-refractivity contribution >= 4 is 17.7 Å². The molecule has 5 heteroatoms. The Balaban J connectivity index is 1.54. The highest BCUT2D eigenvalue weighted by Crippen LogP contribution is 2.34. The standard InChI is InChI=1S/C10H16N2O2S/c13-10(8-4-15-5-11-8)12-7-3-6-1-2-9(7)14-6/h6-9,11H,1-5H2,(H,12,13)/t6?,7?,8-,9?/m1/s1. The van der Waals surface area contributed by atoms with Crippen LogP contribution in [0.5, 0.6) is 0 Å². The fraction of sp³-hybridized carbons (Fsp3) is 0.900. The number of nitrogens with one attached hydrogen (secondary N) is 2. The normalized spacial score (nSPS) is 43.5. The average Bonchev–Trinajstić information content (AvgIpc) is 2.95. The summed E-state index contributed by atoms with van der Waals surface area (Å²) in [5, 5.41) is 6.30. The fourth-order valence-electron chi connectivity index (χ4n) is 2.64. The Hall–Kier alpha value is -0.260. The minimum absolute atomic E-state index is 0.00845. The van der Waals surface area contributed by atoms with E-state index in [1.807, 2.05) is 0 Å². The number of fused-ring (bicyclic) bond motifs is 2. The third-order valence-corrected chi connectivity index (χ3v) is 4.41. The number of carbonyl (C=O) groups is 1. The number of amides is 1. The molecule has 3 rings (SSSR count). The quantitative estimate of drug-likeness (QED) is 0.703. The van der Waals surface area contributed by atoms with Crippen molar-refractivity contribution < 1.29 is 9.53 Å². The van der Waals surface area contributed by atoms with E-state index in [0.717, 1.165) is 24.5 Å². The summed E-state index contributed by atoms with van der Waals surface area (Å²) in [6, 6.07) is 0.276. The maximum atomic E-state index is 11.8. The zero-order valence-corrected chi connectivity index (χ0v) is 9.39. The molecular weight excluding hydrogens is 212 g/mol. The second-order valence-electron chi connectivity index (χ2n) is 4.50. The topological polar surface area (TPSA) is 50.4 Å². The molecule has 3 heterocycles. The summed E-state index contributed by atoms with van der Waals surface area (Å²) in [6.07, 6.45) is 3.99. The first kappa shape index (κ1) is 9.93. The van der Waals surface area contributed by atoms with Gasteiger partial charge in [-0.2, -0.15) is 0 Å². The summed E-state index contributed by atoms with van der Waals surface area (Å²) in [5.74, 6) is 1.94. The lowest BCUT2D eigenvalue weighted by atomic mass is 9.95. The first-order valence-corrected chi connectivity index (χ1v) is 6.75. The Kier molecular flexibility index (Phi) is 2.62. The van der Waals surface area contributed by atoms with E-state index in [-0.39, 0.29) is 24.1 Å². The molecule has 3 saturated heterocycles. The van der Waals surface area contributed by atoms with Crippen LogP contribution < -0.4 is 10.6 Å². The van der Waals surface area contributed by atoms with Crippen molar-refractivity contribution in [3.05, 3.63) is 0 Å². The van der Waals surface area contributed by atoms with Crippen LogP contribution in [0.3, 0.4) is 0 Å². The Labute approximate surface area is 93.5 Å². The van der Waals surface area contributed by atoms with Crippen molar-refractivity contribution in [3.63, 3.8) is 0 Å². The molecule has 15 heavy (non-hydrogen) atoms. The molecule has 3 fully saturated rings. The lowest BCUT2D eigenvalue weighted by Crippen LogP contribution is -2.49. The van der Waals surface area contributed by atoms with Gasteiger partial charge in [0.05, 0.1) is 24.3 Å². The molecule has 3 aliphatic heterocycles. The van der Waals surface area contributed by atoms with Crippen LogP contribution in [-0.2, 0) is 9.53 Å². The molecule has 0 aromatic carbocycles. The second kappa shape index (κ2) is 3.96. The van der Waals surface area contributed by atoms with Gasteiger partial charge in [-0.25, -0.2) is 0 Å². The van der Waals surface area contributed by atoms with Crippen molar-refractivity contribution in [2.24, 2.45) is 0 Å². The van der Waals surface area contributed by atoms with Gasteiger partial charge in [0.1, 0.15) is 0 Å². The first-order valence-electron chi connectivity index (χ1n) is 5.60. The van der Waals surface area contributed by atoms with E-state index in [4.69, 9.17) is 4.74 Å². The average molecular weight is 228 g/mol. The number of ether oxygens (including phenoxy) is 1. The molecule has 0 spiro atoms. The van der Waals surface area contributed by atoms with E-state index in [9.17, 15) is 4.79 Å². The summed E-state index contributed by atoms with van der Waals surface area (Å²) < 4.78 is 5.71. The molecule has 4 atom stereocenters. The summed E-state index contributed by atoms with van der Waals surface area (Å²) in [5.41, 5.74) is 0. The zero-order valence-electron chi connectivity index (χ0n) is 8.57. The summed E-state index contributed by atoms with van der Waals surface area (Å²) >= 11 is 1.78. The van der Waals surface area contributed by atoms with Crippen LogP contribution in [0.2, 0.25) is 0 Å². The van der Waals surface area contributed by atoms with Crippen LogP contribution in [0.4, 0.5) is 0 Å². The van der Waals surface area contributed by atoms with E-state index in [2.05, 4.69) is 10.6 Å². The number of thioether (sulfide) groups is 1. The van der Waals surface area contributed by atoms with Gasteiger partial charge in [-0.15, -0.1) is 11.8 Å². The number of rotatable bonds is 2. The van der Waals surface area contributed by atoms with Crippen molar-refractivity contribution in [3.8, 4) is 0 Å². The SMILES string of the molecule is O=C(NC1CC2CCC1O2)[C@H]1CSCN1. The van der Waals surface area contributed by atoms with Crippen molar-refractivity contribution in [1.82, 2.24) is 10.6 Å². The molecule has 1 amide bonds. The van der Waals surface area contributed by atoms with E-state index in [1.165, 1.54) is 6.42 Å². The molecule has 3 unspecified atom stereocenters. The maximum absolute atomic E-state index is 11.8. The number of hydrogen-bond acceptors (Lipinski definition) is 4. The van der Waals surface area contributed by atoms with E-state index < -0.39 is 0 Å². The minimum atomic E-state index is 0.00845. The molecule has 2 bridgehead atoms. The number of hydrogen-bond donors (Lipinski definition) is 2. The van der Waals surface area contributed by atoms with Crippen LogP contribution in [0.15, 0.2) is 0 Å². The lowest BCUT2D eigenvalue weighted by molar-refractivity contribution is -0.123. The summed E-state index contributed by atoms with van der Waals surface area (Å²) in [6.45, 7) is 0. The molecule has 0 aromatic heterocycles. The van der Waals surface area contributed by atoms with Crippen molar-refractivity contribution in [1.29, 1.82) is 0 Å². The van der Waals surface area contributed by atoms with Gasteiger partial charge in [0.15, 0.2) is 0 Å². The highest BCUT2D eigenvalue weighted by atomic mass is 32.2. The van der Waals surface area contributed by atoms with Gasteiger partial charge in [0.2, 0.25) is 5.91 Å². The van der Waals surface area contributed by atoms with Gasteiger partial charge in [0, 0.05) is 11.6 Å². The van der Waals surface area contributed by atoms with Crippen LogP contribution in [0, 0.1) is 0 Å². The molecule has 2 N–H and O–H groups in total. The lowest BCUT2D eigenvalue weighted by Gasteiger charge is -2.21. The van der Waals surface area contributed by atoms with Gasteiger partial charge >= 0.3 is 0 Å². The monoisotopic (exact) mass is 228 g/mol. The third-order valence-electron chi connectivity index (χ3n) is 3.47. The second-order valence-corrected chi connectivity index (χ2v) is 5.53. The van der Waals surface area contributed by atoms with E-state index >= 15 is 0 Å². The predicted octanol–water partition coefficient (Wildman–Crippen LogP) is 0.0850. The van der Waals surface area contributed by atoms with Crippen LogP contribution in [0.25, 0.3) is 0 Å². The van der Waals surface area contributed by atoms with Gasteiger partial charge < -0.3 is 10.1 Å². The minimum Gasteiger partial charge on any atom is -0.373 e. The maximum Gasteiger partial charge on any atom is 0.238 e. The van der Waals surface area contributed by atoms with Gasteiger partial charge in [-0.1, -0.05) is 0 Å². The van der Waals surface area contributed by atoms with E-state index in [0.29, 0.717) is 6.10 Å². The predicted molar refractivity (Wildman–Crippen MR) is 58.7 cm³/mol. The Morgan fingerprint density at radius 1 is 1.47 bits per heavy atom. The Morgan fingerprint density at radius 2 is 2.40 bits per heavy atom. The van der Waals surface area contributed by atoms with Crippen LogP contribution in [0.1, 0.15) is 19.3 Å². The summed E-state index contributed by atoms with van der Waals surface area (Å²) in [7, 11) is 0. The zero-order chi connectivity index (χ0) is 10.3. The molecule has 0 aromatic rings. The first-order chi connectivity index (χ1) is 7.33. The van der Waals surface area contributed by atoms with E-state index in [1.54, 1.807) is 11.8 Å². The van der Waals surface area contributed by atoms with Crippen LogP contribution >= 0.6 is 11.8 Å². The smallest absolute Gasteiger partial charge is 0.238 e. The molecule has 3 aliphatic rings. The van der Waals surface area contributed by atoms with Crippen LogP contribution in [-0.4, -0.2) is 41.8 Å². The number of carbonyl (C=O) groups excluding carboxylic acids is 1. The molecule has 0 saturated carbocycles. The van der Waals surface area contributed by atoms with Gasteiger partial charge in [0.25, 0.3) is 0 Å². The van der Waals surface area contributed by atoms with Crippen molar-refractivity contribution in [2.75, 3.05) is 11.6 Å². The highest BCUT2D eigenvalue weighted by molar-refractivity contribution is 7.99. The Morgan fingerprint density at radius 3 is 3.00 bits per heavy atom. The van der Waals surface area contributed by atoms with Gasteiger partial charge in [-0.3, -0.25) is 10.1 Å². The molecule has 0 aliphatic carbocycles. The largest absolute Gasteiger partial charge is 0.373 e. The summed E-state index contributed by atoms with van der Waals surface area (Å²) in [4.78, 5) is 11.8. The third kappa shape index (κ3) is 1.88. The molecular formula is C10H16N2O2S. The Bertz CT molecular complexity index is 268. The molecule has 4 nitrogen and oxygen atoms in total. The molecule has 84 valence electrons. The molecule has 0 radical (unpaired) electrons. The van der Waals surface area contributed by atoms with Crippen molar-refractivity contribution in [2.45, 2.75) is 43.6 Å². The fourth-order valence-corrected chi connectivity index (χ4v) is 3.58.